The molecule has 10 atom stereocenters. The van der Waals surface area contributed by atoms with Crippen LogP contribution in [0.15, 0.2) is 103 Å². The van der Waals surface area contributed by atoms with E-state index in [2.05, 4.69) is 0 Å². The van der Waals surface area contributed by atoms with Crippen LogP contribution in [0.25, 0.3) is 20.9 Å². The lowest BCUT2D eigenvalue weighted by Gasteiger charge is -2.40. The topological polar surface area (TPSA) is 212 Å². The van der Waals surface area contributed by atoms with Crippen LogP contribution in [0.2, 0.25) is 0 Å². The van der Waals surface area contributed by atoms with E-state index in [9.17, 15) is 55.5 Å². The predicted octanol–water partition coefficient (Wildman–Crippen LogP) is 4.41. The smallest absolute Gasteiger partial charge is 0.146 e. The van der Waals surface area contributed by atoms with Crippen LogP contribution in [0.1, 0.15) is 54.8 Å². The van der Waals surface area contributed by atoms with Gasteiger partial charge in [-0.2, -0.15) is 0 Å². The second kappa shape index (κ2) is 19.4. The van der Waals surface area contributed by atoms with Crippen LogP contribution in [0.3, 0.4) is 0 Å². The molecule has 4 aromatic carbocycles. The number of benzene rings is 4. The molecule has 2 aromatic heterocycles. The second-order valence-corrected chi connectivity index (χ2v) is 18.4. The van der Waals surface area contributed by atoms with Gasteiger partial charge < -0.3 is 55.8 Å². The van der Waals surface area contributed by atoms with Gasteiger partial charge in [-0.25, -0.2) is 8.78 Å². The summed E-state index contributed by atoms with van der Waals surface area (Å²) >= 11 is 2.85. The summed E-state index contributed by atoms with van der Waals surface area (Å²) in [6.07, 6.45) is -14.4. The summed E-state index contributed by atoms with van der Waals surface area (Å²) in [6, 6.07) is 27.8. The zero-order valence-electron chi connectivity index (χ0n) is 34.3. The van der Waals surface area contributed by atoms with Crippen molar-refractivity contribution in [3.63, 3.8) is 0 Å². The van der Waals surface area contributed by atoms with Crippen LogP contribution in [0.5, 0.6) is 0 Å². The first-order chi connectivity index (χ1) is 30.0. The van der Waals surface area contributed by atoms with E-state index in [4.69, 9.17) is 4.74 Å². The molecular formula is C48H50F2O11S2. The average Bonchev–Trinajstić information content (AvgIpc) is 3.96. The molecule has 10 N–H and O–H groups in total. The van der Waals surface area contributed by atoms with Crippen molar-refractivity contribution in [2.75, 3.05) is 13.2 Å². The van der Waals surface area contributed by atoms with Gasteiger partial charge in [0, 0.05) is 37.9 Å². The van der Waals surface area contributed by atoms with E-state index >= 15 is 4.39 Å². The predicted molar refractivity (Wildman–Crippen MR) is 234 cm³/mol. The largest absolute Gasteiger partial charge is 0.394 e. The minimum atomic E-state index is -2.73. The molecule has 0 aliphatic carbocycles. The van der Waals surface area contributed by atoms with Crippen molar-refractivity contribution < 1.29 is 64.6 Å². The van der Waals surface area contributed by atoms with E-state index in [0.717, 1.165) is 43.0 Å². The zero-order chi connectivity index (χ0) is 45.3. The number of rotatable bonds is 15. The lowest BCUT2D eigenvalue weighted by Crippen LogP contribution is -2.55. The first-order valence-corrected chi connectivity index (χ1v) is 22.0. The Morgan fingerprint density at radius 1 is 0.651 bits per heavy atom. The van der Waals surface area contributed by atoms with Gasteiger partial charge in [0.15, 0.2) is 0 Å². The third kappa shape index (κ3) is 9.58. The molecule has 15 heteroatoms. The first-order valence-electron chi connectivity index (χ1n) is 20.3. The molecular weight excluding hydrogens is 855 g/mol. The summed E-state index contributed by atoms with van der Waals surface area (Å²) in [4.78, 5) is 3.34. The van der Waals surface area contributed by atoms with Crippen LogP contribution in [-0.2, 0) is 23.2 Å². The van der Waals surface area contributed by atoms with Gasteiger partial charge in [0.05, 0.1) is 13.2 Å². The van der Waals surface area contributed by atoms with Crippen molar-refractivity contribution in [2.24, 2.45) is 0 Å². The Kier molecular flexibility index (Phi) is 14.4. The third-order valence-corrected chi connectivity index (χ3v) is 14.2. The number of thiophene rings is 2. The lowest BCUT2D eigenvalue weighted by atomic mass is 9.76. The summed E-state index contributed by atoms with van der Waals surface area (Å²) in [6.45, 7) is 2.23. The van der Waals surface area contributed by atoms with Crippen molar-refractivity contribution >= 4 is 22.7 Å². The molecule has 0 amide bonds. The number of hydrogen-bond donors (Lipinski definition) is 10. The molecule has 0 spiro atoms. The quantitative estimate of drug-likeness (QED) is 0.0698. The van der Waals surface area contributed by atoms with Gasteiger partial charge in [0.2, 0.25) is 0 Å². The molecule has 1 aliphatic heterocycles. The van der Waals surface area contributed by atoms with Crippen LogP contribution < -0.4 is 0 Å². The Morgan fingerprint density at radius 2 is 1.24 bits per heavy atom. The molecule has 1 unspecified atom stereocenters. The first kappa shape index (κ1) is 46.7. The standard InChI is InChI=1S/C48H50F2O11S2/c1-24-3-5-28(46-44(57)43(56)42(55)38(23-52)61-46)17-29(24)19-33-13-16-40(63-33)27-8-14-36(50)35(21-27)48(60,47(59)45(58)41(54)37(53)22-51)31-9-4-25(2)30(18-31)20-34-12-15-39(62-34)26-6-10-32(49)11-7-26/h3-18,21,37-38,41-47,51-60H,19-20,22-23H2,1-2H3/t37-,38-,41-,42-,43+,44-,45+,46+,47-,48?/m1/s1. The van der Waals surface area contributed by atoms with E-state index in [1.807, 2.05) is 50.2 Å². The molecule has 11 nitrogen and oxygen atoms in total. The summed E-state index contributed by atoms with van der Waals surface area (Å²) in [7, 11) is 0. The highest BCUT2D eigenvalue weighted by Crippen LogP contribution is 2.42. The normalized spacial score (nSPS) is 22.0. The van der Waals surface area contributed by atoms with Crippen LogP contribution >= 0.6 is 22.7 Å². The molecule has 6 aromatic rings. The molecule has 63 heavy (non-hydrogen) atoms. The number of hydrogen-bond acceptors (Lipinski definition) is 13. The van der Waals surface area contributed by atoms with Crippen molar-refractivity contribution in [1.29, 1.82) is 0 Å². The SMILES string of the molecule is Cc1ccc([C@@H]2O[C@H](CO)[C@@H](O)[C@H](O)[C@H]2O)cc1Cc1ccc(-c2ccc(F)c(C(O)(c3ccc(C)c(Cc4ccc(-c5ccc(F)cc5)s4)c3)[C@H](O)[C@@H](O)[C@H](O)[C@H](O)CO)c2)s1. The number of aryl methyl sites for hydroxylation is 2. The average molecular weight is 905 g/mol. The van der Waals surface area contributed by atoms with E-state index in [0.29, 0.717) is 34.4 Å². The van der Waals surface area contributed by atoms with Crippen LogP contribution in [0.4, 0.5) is 8.78 Å². The Bertz CT molecular complexity index is 2510. The molecule has 0 radical (unpaired) electrons. The lowest BCUT2D eigenvalue weighted by molar-refractivity contribution is -0.231. The molecule has 1 saturated heterocycles. The Morgan fingerprint density at radius 3 is 1.86 bits per heavy atom. The van der Waals surface area contributed by atoms with Gasteiger partial charge >= 0.3 is 0 Å². The summed E-state index contributed by atoms with van der Waals surface area (Å²) in [5, 5.41) is 107. The van der Waals surface area contributed by atoms with Crippen molar-refractivity contribution in [1.82, 2.24) is 0 Å². The van der Waals surface area contributed by atoms with Crippen LogP contribution in [0, 0.1) is 25.5 Å². The summed E-state index contributed by atoms with van der Waals surface area (Å²) in [5.41, 5.74) is 1.91. The summed E-state index contributed by atoms with van der Waals surface area (Å²) in [5.74, 6) is -1.29. The molecule has 334 valence electrons. The van der Waals surface area contributed by atoms with Gasteiger partial charge in [-0.1, -0.05) is 54.6 Å². The van der Waals surface area contributed by atoms with Gasteiger partial charge in [0.25, 0.3) is 0 Å². The minimum absolute atomic E-state index is 0.0201. The fourth-order valence-corrected chi connectivity index (χ4v) is 10.1. The second-order valence-electron chi connectivity index (χ2n) is 16.1. The number of aliphatic hydroxyl groups is 10. The minimum Gasteiger partial charge on any atom is -0.394 e. The number of ether oxygens (including phenoxy) is 1. The molecule has 1 fully saturated rings. The van der Waals surface area contributed by atoms with Gasteiger partial charge in [-0.3, -0.25) is 0 Å². The summed E-state index contributed by atoms with van der Waals surface area (Å²) < 4.78 is 35.7. The monoisotopic (exact) mass is 904 g/mol. The van der Waals surface area contributed by atoms with Crippen molar-refractivity contribution in [3.05, 3.63) is 163 Å². The van der Waals surface area contributed by atoms with Gasteiger partial charge in [-0.05, 0) is 107 Å². The van der Waals surface area contributed by atoms with Gasteiger partial charge in [-0.15, -0.1) is 22.7 Å². The van der Waals surface area contributed by atoms with E-state index in [-0.39, 0.29) is 11.4 Å². The number of halogens is 2. The molecule has 1 aliphatic rings. The Labute approximate surface area is 370 Å². The van der Waals surface area contributed by atoms with E-state index in [1.54, 1.807) is 30.3 Å². The zero-order valence-corrected chi connectivity index (χ0v) is 35.9. The molecule has 0 bridgehead atoms. The van der Waals surface area contributed by atoms with Gasteiger partial charge in [0.1, 0.15) is 72.2 Å². The fraction of sp³-hybridized carbons (Fsp3) is 0.333. The van der Waals surface area contributed by atoms with Crippen molar-refractivity contribution in [2.45, 2.75) is 87.2 Å². The van der Waals surface area contributed by atoms with E-state index < -0.39 is 85.1 Å². The highest BCUT2D eigenvalue weighted by Gasteiger charge is 2.48. The molecule has 3 heterocycles. The highest BCUT2D eigenvalue weighted by atomic mass is 32.1. The Hall–Kier alpha value is -4.30. The maximum Gasteiger partial charge on any atom is 0.146 e. The van der Waals surface area contributed by atoms with E-state index in [1.165, 1.54) is 53.0 Å². The maximum absolute atomic E-state index is 16.3. The molecule has 7 rings (SSSR count). The number of aliphatic hydroxyl groups excluding tert-OH is 9. The fourth-order valence-electron chi connectivity index (χ4n) is 8.01. The maximum atomic E-state index is 16.3. The molecule has 0 saturated carbocycles. The Balaban J connectivity index is 1.22. The third-order valence-electron chi connectivity index (χ3n) is 11.9. The highest BCUT2D eigenvalue weighted by molar-refractivity contribution is 7.15. The van der Waals surface area contributed by atoms with Crippen molar-refractivity contribution in [3.8, 4) is 20.9 Å². The van der Waals surface area contributed by atoms with Crippen LogP contribution in [-0.4, -0.2) is 113 Å².